The van der Waals surface area contributed by atoms with Crippen LogP contribution in [-0.2, 0) is 9.47 Å². The van der Waals surface area contributed by atoms with Crippen LogP contribution >= 0.6 is 12.6 Å². The van der Waals surface area contributed by atoms with Crippen molar-refractivity contribution in [1.82, 2.24) is 0 Å². The molecule has 0 aromatic heterocycles. The zero-order valence-electron chi connectivity index (χ0n) is 11.2. The van der Waals surface area contributed by atoms with Gasteiger partial charge in [-0.3, -0.25) is 0 Å². The Balaban J connectivity index is 1.82. The van der Waals surface area contributed by atoms with Gasteiger partial charge in [-0.2, -0.15) is 12.6 Å². The van der Waals surface area contributed by atoms with Gasteiger partial charge < -0.3 is 24.8 Å². The summed E-state index contributed by atoms with van der Waals surface area (Å²) in [6.07, 6.45) is 0.441. The van der Waals surface area contributed by atoms with Crippen molar-refractivity contribution >= 4 is 12.6 Å². The number of hydrogen-bond acceptors (Lipinski definition) is 6. The van der Waals surface area contributed by atoms with Crippen LogP contribution in [-0.4, -0.2) is 57.9 Å². The van der Waals surface area contributed by atoms with E-state index in [0.29, 0.717) is 13.0 Å². The predicted octanol–water partition coefficient (Wildman–Crippen LogP) is 0.321. The molecule has 112 valence electrons. The first-order valence-corrected chi connectivity index (χ1v) is 7.67. The third kappa shape index (κ3) is 2.80. The molecule has 2 aliphatic rings. The number of ether oxygens (including phenoxy) is 2. The third-order valence-corrected chi connectivity index (χ3v) is 4.47. The lowest BCUT2D eigenvalue weighted by Gasteiger charge is -2.35. The van der Waals surface area contributed by atoms with Crippen molar-refractivity contribution in [3.63, 3.8) is 0 Å². The van der Waals surface area contributed by atoms with Crippen LogP contribution in [0.5, 0.6) is 0 Å². The van der Waals surface area contributed by atoms with Crippen LogP contribution in [0, 0.1) is 5.92 Å². The smallest absolute Gasteiger partial charge is 0.184 e. The lowest BCUT2D eigenvalue weighted by atomic mass is 10.0. The number of fused-ring (bicyclic) bond motifs is 1. The van der Waals surface area contributed by atoms with Crippen molar-refractivity contribution in [1.29, 1.82) is 0 Å². The Bertz CT molecular complexity index is 299. The van der Waals surface area contributed by atoms with Crippen LogP contribution in [0.3, 0.4) is 0 Å². The Morgan fingerprint density at radius 3 is 2.63 bits per heavy atom. The van der Waals surface area contributed by atoms with Gasteiger partial charge in [0.2, 0.25) is 0 Å². The summed E-state index contributed by atoms with van der Waals surface area (Å²) in [5, 5.41) is 30.0. The minimum Gasteiger partial charge on any atom is -0.389 e. The second kappa shape index (κ2) is 6.28. The average molecular weight is 292 g/mol. The van der Waals surface area contributed by atoms with Gasteiger partial charge in [0.25, 0.3) is 0 Å². The molecule has 1 aliphatic heterocycles. The van der Waals surface area contributed by atoms with Gasteiger partial charge in [-0.1, -0.05) is 13.3 Å². The van der Waals surface area contributed by atoms with Crippen molar-refractivity contribution in [2.75, 3.05) is 12.4 Å². The van der Waals surface area contributed by atoms with Gasteiger partial charge in [-0.25, -0.2) is 0 Å². The number of rotatable bonds is 7. The Morgan fingerprint density at radius 1 is 1.26 bits per heavy atom. The number of thiol groups is 1. The topological polar surface area (TPSA) is 79.2 Å². The van der Waals surface area contributed by atoms with Crippen molar-refractivity contribution in [2.45, 2.75) is 62.8 Å². The largest absolute Gasteiger partial charge is 0.389 e. The average Bonchev–Trinajstić information content (AvgIpc) is 2.96. The van der Waals surface area contributed by atoms with Crippen molar-refractivity contribution in [2.24, 2.45) is 5.92 Å². The molecular formula is C13H24O5S. The molecule has 1 saturated carbocycles. The van der Waals surface area contributed by atoms with E-state index in [1.54, 1.807) is 0 Å². The number of unbranched alkanes of at least 4 members (excludes halogenated alkanes) is 2. The molecule has 0 radical (unpaired) electrons. The van der Waals surface area contributed by atoms with Crippen molar-refractivity contribution in [3.8, 4) is 0 Å². The zero-order chi connectivity index (χ0) is 14.0. The van der Waals surface area contributed by atoms with Gasteiger partial charge in [0.05, 0.1) is 18.1 Å². The molecule has 1 heterocycles. The minimum absolute atomic E-state index is 0.474. The van der Waals surface area contributed by atoms with Gasteiger partial charge in [-0.05, 0) is 25.0 Å². The highest BCUT2D eigenvalue weighted by molar-refractivity contribution is 7.80. The lowest BCUT2D eigenvalue weighted by molar-refractivity contribution is -0.268. The summed E-state index contributed by atoms with van der Waals surface area (Å²) in [5.74, 6) is 0.315. The number of aliphatic hydroxyl groups excluding tert-OH is 2. The zero-order valence-corrected chi connectivity index (χ0v) is 12.1. The second-order valence-electron chi connectivity index (χ2n) is 5.40. The fourth-order valence-electron chi connectivity index (χ4n) is 2.94. The van der Waals surface area contributed by atoms with E-state index >= 15 is 0 Å². The maximum Gasteiger partial charge on any atom is 0.184 e. The Morgan fingerprint density at radius 2 is 2.00 bits per heavy atom. The van der Waals surface area contributed by atoms with E-state index in [9.17, 15) is 15.3 Å². The van der Waals surface area contributed by atoms with Crippen LogP contribution < -0.4 is 0 Å². The fourth-order valence-corrected chi connectivity index (χ4v) is 3.16. The maximum atomic E-state index is 10.2. The molecule has 0 aromatic rings. The first-order chi connectivity index (χ1) is 9.07. The van der Waals surface area contributed by atoms with E-state index < -0.39 is 36.1 Å². The van der Waals surface area contributed by atoms with Crippen molar-refractivity contribution < 1.29 is 24.8 Å². The summed E-state index contributed by atoms with van der Waals surface area (Å²) >= 11 is 4.14. The standard InChI is InChI=1S/C13H24O5S/c1-2-8-13(16)9(11(13)15)10(14)12(18-8)17-6-4-3-5-7-19/h8-12,14-16,19H,2-7H2,1H3/t8?,9?,10?,11?,12-,13?/m1/s1. The van der Waals surface area contributed by atoms with Gasteiger partial charge in [0, 0.05) is 6.61 Å². The Hall–Kier alpha value is 0.150. The summed E-state index contributed by atoms with van der Waals surface area (Å²) in [5.41, 5.74) is -1.29. The summed E-state index contributed by atoms with van der Waals surface area (Å²) in [6, 6.07) is 0. The Labute approximate surface area is 119 Å². The normalized spacial score (nSPS) is 45.0. The van der Waals surface area contributed by atoms with Gasteiger partial charge in [0.1, 0.15) is 11.7 Å². The van der Waals surface area contributed by atoms with E-state index in [-0.39, 0.29) is 0 Å². The van der Waals surface area contributed by atoms with Gasteiger partial charge in [-0.15, -0.1) is 0 Å². The summed E-state index contributed by atoms with van der Waals surface area (Å²) in [7, 11) is 0. The highest BCUT2D eigenvalue weighted by atomic mass is 32.1. The maximum absolute atomic E-state index is 10.2. The van der Waals surface area contributed by atoms with Gasteiger partial charge in [0.15, 0.2) is 6.29 Å². The van der Waals surface area contributed by atoms with Gasteiger partial charge >= 0.3 is 0 Å². The highest BCUT2D eigenvalue weighted by Gasteiger charge is 2.74. The fraction of sp³-hybridized carbons (Fsp3) is 1.00. The quantitative estimate of drug-likeness (QED) is 0.401. The second-order valence-corrected chi connectivity index (χ2v) is 5.85. The van der Waals surface area contributed by atoms with E-state index in [4.69, 9.17) is 9.47 Å². The molecule has 0 amide bonds. The molecule has 1 aliphatic carbocycles. The highest BCUT2D eigenvalue weighted by Crippen LogP contribution is 2.54. The van der Waals surface area contributed by atoms with Crippen molar-refractivity contribution in [3.05, 3.63) is 0 Å². The summed E-state index contributed by atoms with van der Waals surface area (Å²) in [6.45, 7) is 2.39. The summed E-state index contributed by atoms with van der Waals surface area (Å²) in [4.78, 5) is 0. The monoisotopic (exact) mass is 292 g/mol. The molecule has 6 heteroatoms. The van der Waals surface area contributed by atoms with E-state index in [0.717, 1.165) is 25.0 Å². The molecule has 2 fully saturated rings. The molecule has 2 rings (SSSR count). The number of hydrogen-bond donors (Lipinski definition) is 4. The Kier molecular flexibility index (Phi) is 5.14. The molecule has 0 aromatic carbocycles. The summed E-state index contributed by atoms with van der Waals surface area (Å²) < 4.78 is 11.1. The SMILES string of the molecule is CCC1O[C@@H](OCCCCCS)C(O)C2C(O)C12O. The van der Waals surface area contributed by atoms with Crippen LogP contribution in [0.1, 0.15) is 32.6 Å². The van der Waals surface area contributed by atoms with Crippen LogP contribution in [0.25, 0.3) is 0 Å². The van der Waals surface area contributed by atoms with Crippen LogP contribution in [0.2, 0.25) is 0 Å². The van der Waals surface area contributed by atoms with E-state index in [1.807, 2.05) is 6.92 Å². The lowest BCUT2D eigenvalue weighted by Crippen LogP contribution is -2.49. The molecule has 5 unspecified atom stereocenters. The van der Waals surface area contributed by atoms with Crippen LogP contribution in [0.4, 0.5) is 0 Å². The molecule has 1 saturated heterocycles. The molecule has 6 atom stereocenters. The third-order valence-electron chi connectivity index (χ3n) is 4.16. The molecule has 0 bridgehead atoms. The van der Waals surface area contributed by atoms with E-state index in [2.05, 4.69) is 12.6 Å². The molecule has 3 N–H and O–H groups in total. The minimum atomic E-state index is -1.29. The first kappa shape index (κ1) is 15.5. The van der Waals surface area contributed by atoms with Crippen LogP contribution in [0.15, 0.2) is 0 Å². The molecular weight excluding hydrogens is 268 g/mol. The predicted molar refractivity (Wildman–Crippen MR) is 73.1 cm³/mol. The van der Waals surface area contributed by atoms with E-state index in [1.165, 1.54) is 0 Å². The molecule has 19 heavy (non-hydrogen) atoms. The first-order valence-electron chi connectivity index (χ1n) is 7.03. The molecule has 0 spiro atoms. The molecule has 5 nitrogen and oxygen atoms in total. The number of aliphatic hydroxyl groups is 3.